The molecule has 0 spiro atoms. The third kappa shape index (κ3) is 3.59. The summed E-state index contributed by atoms with van der Waals surface area (Å²) in [5.41, 5.74) is 7.73. The first-order chi connectivity index (χ1) is 9.86. The Morgan fingerprint density at radius 1 is 1.29 bits per heavy atom. The van der Waals surface area contributed by atoms with Crippen LogP contribution in [0.5, 0.6) is 0 Å². The van der Waals surface area contributed by atoms with Gasteiger partial charge in [-0.3, -0.25) is 9.48 Å². The molecule has 112 valence electrons. The summed E-state index contributed by atoms with van der Waals surface area (Å²) < 4.78 is 1.79. The molecule has 0 aliphatic rings. The van der Waals surface area contributed by atoms with Crippen LogP contribution in [0, 0.1) is 0 Å². The number of aromatic nitrogens is 3. The maximum absolute atomic E-state index is 12.3. The zero-order valence-electron chi connectivity index (χ0n) is 12.8. The van der Waals surface area contributed by atoms with E-state index >= 15 is 0 Å². The number of nitrogens with one attached hydrogen (secondary N) is 1. The highest BCUT2D eigenvalue weighted by Crippen LogP contribution is 2.17. The average Bonchev–Trinajstić information content (AvgIpc) is 2.86. The molecule has 0 saturated carbocycles. The molecule has 0 atom stereocenters. The van der Waals surface area contributed by atoms with Crippen molar-refractivity contribution in [1.29, 1.82) is 0 Å². The van der Waals surface area contributed by atoms with E-state index < -0.39 is 0 Å². The Bertz CT molecular complexity index is 645. The van der Waals surface area contributed by atoms with E-state index in [1.165, 1.54) is 0 Å². The summed E-state index contributed by atoms with van der Waals surface area (Å²) in [7, 11) is 0. The van der Waals surface area contributed by atoms with Crippen LogP contribution in [0.2, 0.25) is 0 Å². The number of rotatable bonds is 4. The Hall–Kier alpha value is -2.37. The first-order valence-electron chi connectivity index (χ1n) is 6.99. The van der Waals surface area contributed by atoms with Gasteiger partial charge in [-0.05, 0) is 31.9 Å². The van der Waals surface area contributed by atoms with Gasteiger partial charge in [-0.1, -0.05) is 13.8 Å². The monoisotopic (exact) mass is 287 g/mol. The van der Waals surface area contributed by atoms with Gasteiger partial charge in [0.05, 0.1) is 11.9 Å². The van der Waals surface area contributed by atoms with Crippen molar-refractivity contribution in [2.45, 2.75) is 39.7 Å². The van der Waals surface area contributed by atoms with Gasteiger partial charge in [0.25, 0.3) is 5.91 Å². The maximum atomic E-state index is 12.3. The second-order valence-electron chi connectivity index (χ2n) is 5.62. The zero-order chi connectivity index (χ0) is 15.6. The average molecular weight is 287 g/mol. The molecule has 2 rings (SSSR count). The van der Waals surface area contributed by atoms with Crippen LogP contribution >= 0.6 is 0 Å². The largest absolute Gasteiger partial charge is 0.384 e. The van der Waals surface area contributed by atoms with Crippen molar-refractivity contribution in [1.82, 2.24) is 14.8 Å². The molecular weight excluding hydrogens is 266 g/mol. The van der Waals surface area contributed by atoms with Crippen molar-refractivity contribution in [2.75, 3.05) is 11.1 Å². The number of nitrogens with zero attached hydrogens (tertiary/aromatic N) is 3. The minimum atomic E-state index is -0.214. The van der Waals surface area contributed by atoms with E-state index in [0.29, 0.717) is 17.1 Å². The molecular formula is C15H21N5O. The standard InChI is InChI=1S/C15H21N5O/c1-9(2)13-5-11(6-14(16)19-13)15(21)18-12-7-17-20(8-12)10(3)4/h5-10H,1-4H3,(H2,16,19)(H,18,21). The molecule has 1 amide bonds. The Labute approximate surface area is 124 Å². The van der Waals surface area contributed by atoms with Gasteiger partial charge in [0.15, 0.2) is 0 Å². The predicted molar refractivity (Wildman–Crippen MR) is 83.3 cm³/mol. The molecule has 2 heterocycles. The van der Waals surface area contributed by atoms with E-state index in [-0.39, 0.29) is 17.9 Å². The number of pyridine rings is 1. The summed E-state index contributed by atoms with van der Waals surface area (Å²) in [4.78, 5) is 16.5. The highest BCUT2D eigenvalue weighted by molar-refractivity contribution is 6.04. The topological polar surface area (TPSA) is 85.8 Å². The van der Waals surface area contributed by atoms with Gasteiger partial charge in [-0.25, -0.2) is 4.98 Å². The molecule has 6 nitrogen and oxygen atoms in total. The van der Waals surface area contributed by atoms with Crippen LogP contribution in [0.25, 0.3) is 0 Å². The summed E-state index contributed by atoms with van der Waals surface area (Å²) in [5, 5.41) is 7.01. The first kappa shape index (κ1) is 15.0. The second kappa shape index (κ2) is 5.95. The van der Waals surface area contributed by atoms with E-state index in [1.54, 1.807) is 29.2 Å². The Kier molecular flexibility index (Phi) is 4.26. The fourth-order valence-electron chi connectivity index (χ4n) is 1.89. The molecule has 2 aromatic heterocycles. The van der Waals surface area contributed by atoms with Crippen molar-refractivity contribution < 1.29 is 4.79 Å². The fourth-order valence-corrected chi connectivity index (χ4v) is 1.89. The normalized spacial score (nSPS) is 11.1. The maximum Gasteiger partial charge on any atom is 0.255 e. The lowest BCUT2D eigenvalue weighted by atomic mass is 10.1. The minimum Gasteiger partial charge on any atom is -0.384 e. The summed E-state index contributed by atoms with van der Waals surface area (Å²) in [5.74, 6) is 0.349. The smallest absolute Gasteiger partial charge is 0.255 e. The summed E-state index contributed by atoms with van der Waals surface area (Å²) in [6.07, 6.45) is 3.43. The Morgan fingerprint density at radius 2 is 2.00 bits per heavy atom. The SMILES string of the molecule is CC(C)c1cc(C(=O)Nc2cnn(C(C)C)c2)cc(N)n1. The van der Waals surface area contributed by atoms with Gasteiger partial charge < -0.3 is 11.1 Å². The number of nitrogens with two attached hydrogens (primary N) is 1. The lowest BCUT2D eigenvalue weighted by Crippen LogP contribution is -2.13. The molecule has 0 unspecified atom stereocenters. The Morgan fingerprint density at radius 3 is 2.57 bits per heavy atom. The third-order valence-corrected chi connectivity index (χ3v) is 3.11. The van der Waals surface area contributed by atoms with E-state index in [1.807, 2.05) is 27.7 Å². The fraction of sp³-hybridized carbons (Fsp3) is 0.400. The number of hydrogen-bond acceptors (Lipinski definition) is 4. The van der Waals surface area contributed by atoms with Crippen LogP contribution in [0.15, 0.2) is 24.5 Å². The first-order valence-corrected chi connectivity index (χ1v) is 6.99. The summed E-state index contributed by atoms with van der Waals surface area (Å²) in [6, 6.07) is 3.59. The van der Waals surface area contributed by atoms with E-state index in [9.17, 15) is 4.79 Å². The molecule has 0 aliphatic carbocycles. The van der Waals surface area contributed by atoms with Crippen molar-refractivity contribution in [2.24, 2.45) is 0 Å². The van der Waals surface area contributed by atoms with Gasteiger partial charge in [0.1, 0.15) is 5.82 Å². The Balaban J connectivity index is 2.19. The predicted octanol–water partition coefficient (Wildman–Crippen LogP) is 2.82. The number of carbonyl (C=O) groups is 1. The van der Waals surface area contributed by atoms with Crippen LogP contribution in [0.4, 0.5) is 11.5 Å². The van der Waals surface area contributed by atoms with E-state index in [2.05, 4.69) is 15.4 Å². The number of hydrogen-bond donors (Lipinski definition) is 2. The molecule has 2 aromatic rings. The summed E-state index contributed by atoms with van der Waals surface area (Å²) in [6.45, 7) is 8.07. The molecule has 0 fully saturated rings. The van der Waals surface area contributed by atoms with Gasteiger partial charge >= 0.3 is 0 Å². The third-order valence-electron chi connectivity index (χ3n) is 3.11. The molecule has 0 saturated heterocycles. The number of carbonyl (C=O) groups excluding carboxylic acids is 1. The molecule has 0 aliphatic heterocycles. The molecule has 0 bridgehead atoms. The number of anilines is 2. The van der Waals surface area contributed by atoms with Crippen LogP contribution in [0.1, 0.15) is 55.7 Å². The molecule has 21 heavy (non-hydrogen) atoms. The quantitative estimate of drug-likeness (QED) is 0.905. The number of amides is 1. The van der Waals surface area contributed by atoms with Gasteiger partial charge in [0, 0.05) is 23.5 Å². The molecule has 6 heteroatoms. The minimum absolute atomic E-state index is 0.212. The van der Waals surface area contributed by atoms with Crippen LogP contribution < -0.4 is 11.1 Å². The second-order valence-corrected chi connectivity index (χ2v) is 5.62. The highest BCUT2D eigenvalue weighted by Gasteiger charge is 2.12. The van der Waals surface area contributed by atoms with Crippen LogP contribution in [-0.2, 0) is 0 Å². The molecule has 0 radical (unpaired) electrons. The van der Waals surface area contributed by atoms with Gasteiger partial charge in [-0.15, -0.1) is 0 Å². The van der Waals surface area contributed by atoms with Gasteiger partial charge in [0.2, 0.25) is 0 Å². The lowest BCUT2D eigenvalue weighted by molar-refractivity contribution is 0.102. The number of nitrogen functional groups attached to an aromatic ring is 1. The van der Waals surface area contributed by atoms with Crippen molar-refractivity contribution in [3.8, 4) is 0 Å². The van der Waals surface area contributed by atoms with Crippen LogP contribution in [0.3, 0.4) is 0 Å². The van der Waals surface area contributed by atoms with Crippen molar-refractivity contribution >= 4 is 17.4 Å². The molecule has 3 N–H and O–H groups in total. The molecule has 0 aromatic carbocycles. The highest BCUT2D eigenvalue weighted by atomic mass is 16.1. The van der Waals surface area contributed by atoms with Gasteiger partial charge in [-0.2, -0.15) is 5.10 Å². The van der Waals surface area contributed by atoms with E-state index in [4.69, 9.17) is 5.73 Å². The zero-order valence-corrected chi connectivity index (χ0v) is 12.8. The van der Waals surface area contributed by atoms with Crippen LogP contribution in [-0.4, -0.2) is 20.7 Å². The van der Waals surface area contributed by atoms with Crippen molar-refractivity contribution in [3.05, 3.63) is 35.8 Å². The lowest BCUT2D eigenvalue weighted by Gasteiger charge is -2.09. The van der Waals surface area contributed by atoms with Crippen molar-refractivity contribution in [3.63, 3.8) is 0 Å². The summed E-state index contributed by atoms with van der Waals surface area (Å²) >= 11 is 0. The van der Waals surface area contributed by atoms with E-state index in [0.717, 1.165) is 5.69 Å².